The first kappa shape index (κ1) is 11.9. The Labute approximate surface area is 76.9 Å². The molecule has 0 N–H and O–H groups in total. The topological polar surface area (TPSA) is 12.5 Å². The third-order valence-corrected chi connectivity index (χ3v) is 2.20. The van der Waals surface area contributed by atoms with Gasteiger partial charge in [-0.1, -0.05) is 20.3 Å². The van der Waals surface area contributed by atoms with Gasteiger partial charge in [-0.25, -0.2) is 0 Å². The van der Waals surface area contributed by atoms with Crippen molar-refractivity contribution in [3.63, 3.8) is 0 Å². The predicted molar refractivity (Wildman–Crippen MR) is 53.2 cm³/mol. The summed E-state index contributed by atoms with van der Waals surface area (Å²) in [5, 5.41) is 0. The minimum absolute atomic E-state index is 0.0824. The molecular weight excluding hydrogens is 150 g/mol. The SMILES string of the molecule is CCCC(C)(CC)OCN(C)C. The quantitative estimate of drug-likeness (QED) is 0.572. The molecular formula is C10H23NO. The van der Waals surface area contributed by atoms with Crippen molar-refractivity contribution in [1.29, 1.82) is 0 Å². The Kier molecular flexibility index (Phi) is 5.51. The summed E-state index contributed by atoms with van der Waals surface area (Å²) >= 11 is 0. The first-order valence-corrected chi connectivity index (χ1v) is 4.82. The van der Waals surface area contributed by atoms with Gasteiger partial charge in [-0.05, 0) is 33.9 Å². The lowest BCUT2D eigenvalue weighted by Gasteiger charge is -2.29. The van der Waals surface area contributed by atoms with Crippen molar-refractivity contribution in [3.05, 3.63) is 0 Å². The maximum Gasteiger partial charge on any atom is 0.0992 e. The van der Waals surface area contributed by atoms with Crippen LogP contribution < -0.4 is 0 Å². The summed E-state index contributed by atoms with van der Waals surface area (Å²) in [5.41, 5.74) is 0.0824. The first-order chi connectivity index (χ1) is 5.54. The van der Waals surface area contributed by atoms with Gasteiger partial charge in [-0.2, -0.15) is 0 Å². The molecule has 0 aromatic heterocycles. The Balaban J connectivity index is 3.78. The fourth-order valence-corrected chi connectivity index (χ4v) is 1.16. The molecule has 0 spiro atoms. The lowest BCUT2D eigenvalue weighted by Crippen LogP contribution is -2.32. The predicted octanol–water partition coefficient (Wildman–Crippen LogP) is 2.49. The molecule has 0 heterocycles. The second-order valence-electron chi connectivity index (χ2n) is 3.91. The zero-order valence-electron chi connectivity index (χ0n) is 9.18. The summed E-state index contributed by atoms with van der Waals surface area (Å²) in [6, 6.07) is 0. The Morgan fingerprint density at radius 3 is 2.17 bits per heavy atom. The highest BCUT2D eigenvalue weighted by molar-refractivity contribution is 4.71. The molecule has 0 rings (SSSR count). The van der Waals surface area contributed by atoms with Gasteiger partial charge in [0.25, 0.3) is 0 Å². The van der Waals surface area contributed by atoms with Gasteiger partial charge in [0, 0.05) is 0 Å². The minimum atomic E-state index is 0.0824. The van der Waals surface area contributed by atoms with Crippen molar-refractivity contribution < 1.29 is 4.74 Å². The van der Waals surface area contributed by atoms with Crippen LogP contribution in [0.1, 0.15) is 40.0 Å². The summed E-state index contributed by atoms with van der Waals surface area (Å²) in [6.45, 7) is 7.31. The first-order valence-electron chi connectivity index (χ1n) is 4.82. The molecule has 0 aliphatic carbocycles. The molecule has 0 saturated carbocycles. The van der Waals surface area contributed by atoms with Crippen LogP contribution in [0.4, 0.5) is 0 Å². The summed E-state index contributed by atoms with van der Waals surface area (Å²) in [4.78, 5) is 2.06. The van der Waals surface area contributed by atoms with E-state index in [0.717, 1.165) is 19.6 Å². The van der Waals surface area contributed by atoms with E-state index in [2.05, 4.69) is 25.7 Å². The van der Waals surface area contributed by atoms with Crippen LogP contribution in [0, 0.1) is 0 Å². The summed E-state index contributed by atoms with van der Waals surface area (Å²) in [6.07, 6.45) is 3.43. The van der Waals surface area contributed by atoms with E-state index in [0.29, 0.717) is 0 Å². The summed E-state index contributed by atoms with van der Waals surface area (Å²) < 4.78 is 5.81. The molecule has 12 heavy (non-hydrogen) atoms. The second-order valence-corrected chi connectivity index (χ2v) is 3.91. The van der Waals surface area contributed by atoms with E-state index < -0.39 is 0 Å². The lowest BCUT2D eigenvalue weighted by atomic mass is 9.97. The van der Waals surface area contributed by atoms with E-state index in [1.165, 1.54) is 6.42 Å². The molecule has 1 atom stereocenters. The summed E-state index contributed by atoms with van der Waals surface area (Å²) in [5.74, 6) is 0. The number of nitrogens with zero attached hydrogens (tertiary/aromatic N) is 1. The van der Waals surface area contributed by atoms with Gasteiger partial charge in [0.2, 0.25) is 0 Å². The van der Waals surface area contributed by atoms with Gasteiger partial charge < -0.3 is 4.74 Å². The zero-order chi connectivity index (χ0) is 9.61. The zero-order valence-corrected chi connectivity index (χ0v) is 9.18. The number of hydrogen-bond acceptors (Lipinski definition) is 2. The van der Waals surface area contributed by atoms with Crippen molar-refractivity contribution in [2.75, 3.05) is 20.8 Å². The van der Waals surface area contributed by atoms with Gasteiger partial charge in [0.1, 0.15) is 0 Å². The molecule has 0 aromatic carbocycles. The Morgan fingerprint density at radius 2 is 1.83 bits per heavy atom. The van der Waals surface area contributed by atoms with Gasteiger partial charge in [-0.15, -0.1) is 0 Å². The van der Waals surface area contributed by atoms with Gasteiger partial charge >= 0.3 is 0 Å². The molecule has 2 heteroatoms. The molecule has 1 unspecified atom stereocenters. The van der Waals surface area contributed by atoms with Crippen LogP contribution in [0.15, 0.2) is 0 Å². The largest absolute Gasteiger partial charge is 0.360 e. The van der Waals surface area contributed by atoms with Crippen molar-refractivity contribution in [2.45, 2.75) is 45.6 Å². The van der Waals surface area contributed by atoms with Crippen molar-refractivity contribution in [3.8, 4) is 0 Å². The van der Waals surface area contributed by atoms with Crippen LogP contribution in [0.3, 0.4) is 0 Å². The molecule has 0 aliphatic rings. The molecule has 0 fully saturated rings. The molecule has 74 valence electrons. The molecule has 2 nitrogen and oxygen atoms in total. The smallest absolute Gasteiger partial charge is 0.0992 e. The Hall–Kier alpha value is -0.0800. The van der Waals surface area contributed by atoms with E-state index >= 15 is 0 Å². The van der Waals surface area contributed by atoms with Gasteiger partial charge in [-0.3, -0.25) is 4.90 Å². The van der Waals surface area contributed by atoms with E-state index in [4.69, 9.17) is 4.74 Å². The molecule has 0 saturated heterocycles. The Morgan fingerprint density at radius 1 is 1.25 bits per heavy atom. The van der Waals surface area contributed by atoms with E-state index in [9.17, 15) is 0 Å². The molecule has 0 radical (unpaired) electrons. The third-order valence-electron chi connectivity index (χ3n) is 2.20. The number of ether oxygens (including phenoxy) is 1. The van der Waals surface area contributed by atoms with E-state index in [1.54, 1.807) is 0 Å². The van der Waals surface area contributed by atoms with Crippen molar-refractivity contribution in [2.24, 2.45) is 0 Å². The van der Waals surface area contributed by atoms with Crippen LogP contribution in [-0.2, 0) is 4.74 Å². The van der Waals surface area contributed by atoms with Crippen LogP contribution in [0.25, 0.3) is 0 Å². The fraction of sp³-hybridized carbons (Fsp3) is 1.00. The third kappa shape index (κ3) is 4.73. The lowest BCUT2D eigenvalue weighted by molar-refractivity contribution is -0.0790. The average molecular weight is 173 g/mol. The number of hydrogen-bond donors (Lipinski definition) is 0. The van der Waals surface area contributed by atoms with E-state index in [-0.39, 0.29) is 5.60 Å². The minimum Gasteiger partial charge on any atom is -0.360 e. The van der Waals surface area contributed by atoms with Crippen LogP contribution in [-0.4, -0.2) is 31.3 Å². The normalized spacial score (nSPS) is 16.5. The maximum absolute atomic E-state index is 5.81. The summed E-state index contributed by atoms with van der Waals surface area (Å²) in [7, 11) is 4.06. The van der Waals surface area contributed by atoms with Crippen LogP contribution >= 0.6 is 0 Å². The van der Waals surface area contributed by atoms with Crippen LogP contribution in [0.2, 0.25) is 0 Å². The van der Waals surface area contributed by atoms with Gasteiger partial charge in [0.05, 0.1) is 12.3 Å². The van der Waals surface area contributed by atoms with Crippen molar-refractivity contribution >= 4 is 0 Å². The average Bonchev–Trinajstić information content (AvgIpc) is 2.02. The fourth-order valence-electron chi connectivity index (χ4n) is 1.16. The highest BCUT2D eigenvalue weighted by Crippen LogP contribution is 2.21. The highest BCUT2D eigenvalue weighted by atomic mass is 16.5. The maximum atomic E-state index is 5.81. The molecule has 0 aromatic rings. The molecule has 0 bridgehead atoms. The second kappa shape index (κ2) is 5.55. The number of rotatable bonds is 6. The highest BCUT2D eigenvalue weighted by Gasteiger charge is 2.21. The standard InChI is InChI=1S/C10H23NO/c1-6-8-10(3,7-2)12-9-11(4)5/h6-9H2,1-5H3. The Bertz CT molecular complexity index is 114. The molecule has 0 amide bonds. The monoisotopic (exact) mass is 173 g/mol. The molecule has 0 aliphatic heterocycles. The van der Waals surface area contributed by atoms with Crippen molar-refractivity contribution in [1.82, 2.24) is 4.90 Å². The van der Waals surface area contributed by atoms with Gasteiger partial charge in [0.15, 0.2) is 0 Å². The van der Waals surface area contributed by atoms with Crippen LogP contribution in [0.5, 0.6) is 0 Å². The van der Waals surface area contributed by atoms with E-state index in [1.807, 2.05) is 14.1 Å².